The third-order valence-electron chi connectivity index (χ3n) is 6.04. The Morgan fingerprint density at radius 2 is 1.66 bits per heavy atom. The number of piperidine rings is 1. The van der Waals surface area contributed by atoms with Crippen LogP contribution in [0.15, 0.2) is 4.47 Å². The normalized spacial score (nSPS) is 19.0. The lowest BCUT2D eigenvalue weighted by Crippen LogP contribution is -2.43. The van der Waals surface area contributed by atoms with Gasteiger partial charge in [-0.1, -0.05) is 0 Å². The summed E-state index contributed by atoms with van der Waals surface area (Å²) in [6, 6.07) is 0. The number of anilines is 1. The number of likely N-dealkylation sites (tertiary alicyclic amines) is 1. The molecule has 0 saturated carbocycles. The van der Waals surface area contributed by atoms with Crippen LogP contribution in [0.3, 0.4) is 0 Å². The van der Waals surface area contributed by atoms with E-state index in [9.17, 15) is 9.59 Å². The maximum atomic E-state index is 12.5. The summed E-state index contributed by atoms with van der Waals surface area (Å²) >= 11 is 3.67. The molecule has 1 aromatic heterocycles. The molecule has 0 aromatic carbocycles. The minimum atomic E-state index is -0.470. The summed E-state index contributed by atoms with van der Waals surface area (Å²) in [7, 11) is 0. The summed E-state index contributed by atoms with van der Waals surface area (Å²) in [5, 5.41) is 0. The molecule has 2 fully saturated rings. The van der Waals surface area contributed by atoms with E-state index in [0.717, 1.165) is 67.0 Å². The molecule has 2 aliphatic rings. The van der Waals surface area contributed by atoms with E-state index in [-0.39, 0.29) is 17.3 Å². The molecular weight excluding hydrogens is 434 g/mol. The van der Waals surface area contributed by atoms with Crippen molar-refractivity contribution in [3.8, 4) is 0 Å². The predicted molar refractivity (Wildman–Crippen MR) is 118 cm³/mol. The highest BCUT2D eigenvalue weighted by Crippen LogP contribution is 2.44. The molecule has 0 aliphatic carbocycles. The number of carbonyl (C=O) groups is 2. The summed E-state index contributed by atoms with van der Waals surface area (Å²) in [5.41, 5.74) is 3.04. The van der Waals surface area contributed by atoms with Crippen LogP contribution in [0.4, 0.5) is 10.5 Å². The van der Waals surface area contributed by atoms with E-state index in [4.69, 9.17) is 4.74 Å². The number of pyridine rings is 1. The molecule has 3 rings (SSSR count). The van der Waals surface area contributed by atoms with Crippen molar-refractivity contribution in [3.05, 3.63) is 21.4 Å². The number of hydrogen-bond acceptors (Lipinski definition) is 5. The summed E-state index contributed by atoms with van der Waals surface area (Å²) in [6.07, 6.45) is 2.79. The second-order valence-corrected chi connectivity index (χ2v) is 10.3. The summed E-state index contributed by atoms with van der Waals surface area (Å²) in [5.74, 6) is 0.0444. The van der Waals surface area contributed by atoms with Crippen LogP contribution in [0, 0.1) is 19.3 Å². The van der Waals surface area contributed by atoms with Crippen molar-refractivity contribution in [1.29, 1.82) is 0 Å². The zero-order valence-corrected chi connectivity index (χ0v) is 20.0. The van der Waals surface area contributed by atoms with Gasteiger partial charge in [0.15, 0.2) is 5.78 Å². The van der Waals surface area contributed by atoms with Crippen LogP contribution in [0.25, 0.3) is 0 Å². The van der Waals surface area contributed by atoms with E-state index >= 15 is 0 Å². The fraction of sp³-hybridized carbons (Fsp3) is 0.682. The molecule has 3 heterocycles. The summed E-state index contributed by atoms with van der Waals surface area (Å²) < 4.78 is 6.46. The molecule has 7 heteroatoms. The van der Waals surface area contributed by atoms with Crippen molar-refractivity contribution in [1.82, 2.24) is 9.88 Å². The monoisotopic (exact) mass is 465 g/mol. The van der Waals surface area contributed by atoms with Gasteiger partial charge in [0, 0.05) is 26.2 Å². The smallest absolute Gasteiger partial charge is 0.410 e. The average molecular weight is 466 g/mol. The van der Waals surface area contributed by atoms with Gasteiger partial charge < -0.3 is 14.5 Å². The van der Waals surface area contributed by atoms with Crippen molar-refractivity contribution >= 4 is 33.5 Å². The van der Waals surface area contributed by atoms with E-state index in [0.29, 0.717) is 5.56 Å². The zero-order chi connectivity index (χ0) is 21.6. The Morgan fingerprint density at radius 1 is 1.07 bits per heavy atom. The van der Waals surface area contributed by atoms with E-state index in [2.05, 4.69) is 25.8 Å². The number of Topliss-reactive ketones (excluding diaryl/α,β-unsaturated/α-hetero) is 1. The fourth-order valence-corrected chi connectivity index (χ4v) is 5.10. The number of aromatic nitrogens is 1. The number of amides is 1. The minimum absolute atomic E-state index is 0.0444. The van der Waals surface area contributed by atoms with E-state index < -0.39 is 5.60 Å². The summed E-state index contributed by atoms with van der Waals surface area (Å²) in [6.45, 7) is 14.4. The van der Waals surface area contributed by atoms with Crippen molar-refractivity contribution in [2.45, 2.75) is 66.4 Å². The topological polar surface area (TPSA) is 62.7 Å². The lowest BCUT2D eigenvalue weighted by atomic mass is 9.77. The molecule has 0 N–H and O–H groups in total. The highest BCUT2D eigenvalue weighted by molar-refractivity contribution is 9.10. The number of ether oxygens (including phenoxy) is 1. The maximum absolute atomic E-state index is 12.5. The molecule has 0 unspecified atom stereocenters. The first-order chi connectivity index (χ1) is 13.4. The van der Waals surface area contributed by atoms with Crippen molar-refractivity contribution < 1.29 is 14.3 Å². The average Bonchev–Trinajstić information content (AvgIpc) is 3.01. The Bertz CT molecular complexity index is 824. The molecule has 6 nitrogen and oxygen atoms in total. The fourth-order valence-electron chi connectivity index (χ4n) is 4.56. The van der Waals surface area contributed by atoms with Crippen LogP contribution in [0.5, 0.6) is 0 Å². The highest BCUT2D eigenvalue weighted by Gasteiger charge is 2.43. The van der Waals surface area contributed by atoms with Gasteiger partial charge in [0.25, 0.3) is 0 Å². The first-order valence-corrected chi connectivity index (χ1v) is 11.1. The number of aryl methyl sites for hydroxylation is 2. The highest BCUT2D eigenvalue weighted by atomic mass is 79.9. The number of carbonyl (C=O) groups excluding carboxylic acids is 2. The molecule has 0 radical (unpaired) electrons. The third kappa shape index (κ3) is 4.60. The van der Waals surface area contributed by atoms with Gasteiger partial charge in [0.2, 0.25) is 0 Å². The second-order valence-electron chi connectivity index (χ2n) is 9.52. The van der Waals surface area contributed by atoms with E-state index in [1.165, 1.54) is 0 Å². The second kappa shape index (κ2) is 7.89. The van der Waals surface area contributed by atoms with Gasteiger partial charge in [-0.3, -0.25) is 9.78 Å². The van der Waals surface area contributed by atoms with Gasteiger partial charge in [-0.15, -0.1) is 0 Å². The van der Waals surface area contributed by atoms with Crippen molar-refractivity contribution in [2.75, 3.05) is 31.1 Å². The van der Waals surface area contributed by atoms with E-state index in [1.807, 2.05) is 39.5 Å². The molecular formula is C22H32BrN3O3. The van der Waals surface area contributed by atoms with Crippen LogP contribution in [0.1, 0.15) is 68.7 Å². The number of ketones is 1. The molecule has 2 aliphatic heterocycles. The van der Waals surface area contributed by atoms with Gasteiger partial charge in [-0.05, 0) is 82.1 Å². The van der Waals surface area contributed by atoms with Gasteiger partial charge >= 0.3 is 6.09 Å². The van der Waals surface area contributed by atoms with Crippen molar-refractivity contribution in [2.24, 2.45) is 5.41 Å². The number of halogens is 1. The van der Waals surface area contributed by atoms with Crippen LogP contribution >= 0.6 is 15.9 Å². The number of hydrogen-bond donors (Lipinski definition) is 0. The molecule has 160 valence electrons. The third-order valence-corrected chi connectivity index (χ3v) is 6.99. The molecule has 0 atom stereocenters. The Balaban J connectivity index is 1.74. The van der Waals surface area contributed by atoms with Crippen molar-refractivity contribution in [3.63, 3.8) is 0 Å². The van der Waals surface area contributed by atoms with Crippen LogP contribution in [0.2, 0.25) is 0 Å². The van der Waals surface area contributed by atoms with Gasteiger partial charge in [0.05, 0.1) is 27.1 Å². The lowest BCUT2D eigenvalue weighted by Gasteiger charge is -2.41. The SMILES string of the molecule is CC(=O)c1c(C)nc(C)c(Br)c1N1CCC2(CCN(C(=O)OC(C)(C)C)C2)CC1. The molecule has 2 saturated heterocycles. The quantitative estimate of drug-likeness (QED) is 0.581. The lowest BCUT2D eigenvalue weighted by molar-refractivity contribution is 0.0266. The first-order valence-electron chi connectivity index (χ1n) is 10.3. The Hall–Kier alpha value is -1.63. The molecule has 0 bridgehead atoms. The molecule has 1 amide bonds. The largest absolute Gasteiger partial charge is 0.444 e. The molecule has 29 heavy (non-hydrogen) atoms. The molecule has 1 spiro atoms. The van der Waals surface area contributed by atoms with Gasteiger partial charge in [0.1, 0.15) is 5.60 Å². The maximum Gasteiger partial charge on any atom is 0.410 e. The Morgan fingerprint density at radius 3 is 2.21 bits per heavy atom. The van der Waals surface area contributed by atoms with E-state index in [1.54, 1.807) is 6.92 Å². The van der Waals surface area contributed by atoms with Crippen LogP contribution < -0.4 is 4.90 Å². The first kappa shape index (κ1) is 22.1. The predicted octanol–water partition coefficient (Wildman–Crippen LogP) is 4.89. The van der Waals surface area contributed by atoms with Crippen LogP contribution in [-0.4, -0.2) is 53.5 Å². The molecule has 1 aromatic rings. The standard InChI is InChI=1S/C22H32BrN3O3/c1-14-17(16(3)27)19(18(23)15(2)24-14)25-10-7-22(8-11-25)9-12-26(13-22)20(28)29-21(4,5)6/h7-13H2,1-6H3. The number of nitrogens with zero attached hydrogens (tertiary/aromatic N) is 3. The number of rotatable bonds is 2. The van der Waals surface area contributed by atoms with Gasteiger partial charge in [-0.25, -0.2) is 4.79 Å². The Kier molecular flexibility index (Phi) is 6.01. The van der Waals surface area contributed by atoms with Gasteiger partial charge in [-0.2, -0.15) is 0 Å². The minimum Gasteiger partial charge on any atom is -0.444 e. The zero-order valence-electron chi connectivity index (χ0n) is 18.4. The Labute approximate surface area is 182 Å². The van der Waals surface area contributed by atoms with Crippen LogP contribution in [-0.2, 0) is 4.74 Å². The summed E-state index contributed by atoms with van der Waals surface area (Å²) in [4.78, 5) is 33.5.